The summed E-state index contributed by atoms with van der Waals surface area (Å²) < 4.78 is 12.6. The molecule has 0 aliphatic heterocycles. The Balaban J connectivity index is 1.62. The Hall–Kier alpha value is -3.06. The summed E-state index contributed by atoms with van der Waals surface area (Å²) in [6.07, 6.45) is 1.82. The van der Waals surface area contributed by atoms with Gasteiger partial charge < -0.3 is 14.8 Å². The maximum Gasteiger partial charge on any atom is 0.214 e. The number of benzene rings is 2. The van der Waals surface area contributed by atoms with E-state index >= 15 is 0 Å². The minimum absolute atomic E-state index is 0.679. The molecule has 0 unspecified atom stereocenters. The van der Waals surface area contributed by atoms with E-state index in [0.29, 0.717) is 11.5 Å². The Morgan fingerprint density at radius 3 is 2.67 bits per heavy atom. The van der Waals surface area contributed by atoms with Crippen LogP contribution in [0.15, 0.2) is 48.7 Å². The zero-order valence-electron chi connectivity index (χ0n) is 15.4. The third-order valence-electron chi connectivity index (χ3n) is 4.46. The number of imidazole rings is 1. The highest BCUT2D eigenvalue weighted by atomic mass is 32.1. The fraction of sp³-hybridized carbons (Fsp3) is 0.200. The van der Waals surface area contributed by atoms with Crippen LogP contribution >= 0.6 is 11.3 Å². The van der Waals surface area contributed by atoms with E-state index in [-0.39, 0.29) is 0 Å². The van der Waals surface area contributed by atoms with E-state index in [1.165, 1.54) is 22.5 Å². The van der Waals surface area contributed by atoms with Crippen molar-refractivity contribution < 1.29 is 9.47 Å². The molecule has 0 amide bonds. The number of aryl methyl sites for hydroxylation is 1. The number of nitrogens with zero attached hydrogens (tertiary/aromatic N) is 3. The molecule has 0 aliphatic carbocycles. The molecule has 0 spiro atoms. The second-order valence-electron chi connectivity index (χ2n) is 6.09. The van der Waals surface area contributed by atoms with Crippen molar-refractivity contribution in [3.8, 4) is 22.8 Å². The smallest absolute Gasteiger partial charge is 0.214 e. The Labute approximate surface area is 161 Å². The van der Waals surface area contributed by atoms with Crippen LogP contribution in [0.2, 0.25) is 0 Å². The minimum atomic E-state index is 0.679. The Bertz CT molecular complexity index is 1090. The zero-order valence-corrected chi connectivity index (χ0v) is 16.2. The summed E-state index contributed by atoms with van der Waals surface area (Å²) in [6, 6.07) is 14.1. The van der Waals surface area contributed by atoms with Crippen LogP contribution in [0.4, 0.5) is 5.13 Å². The van der Waals surface area contributed by atoms with E-state index in [0.717, 1.165) is 27.9 Å². The molecule has 0 radical (unpaired) electrons. The molecule has 2 aromatic carbocycles. The number of nitrogens with one attached hydrogen (secondary N) is 1. The first-order valence-electron chi connectivity index (χ1n) is 8.55. The number of rotatable bonds is 6. The normalized spacial score (nSPS) is 10.9. The van der Waals surface area contributed by atoms with Crippen LogP contribution in [-0.4, -0.2) is 28.8 Å². The van der Waals surface area contributed by atoms with Crippen molar-refractivity contribution in [3.05, 3.63) is 59.8 Å². The van der Waals surface area contributed by atoms with Crippen LogP contribution in [0.5, 0.6) is 11.5 Å². The highest BCUT2D eigenvalue weighted by molar-refractivity contribution is 7.20. The van der Waals surface area contributed by atoms with Crippen LogP contribution in [-0.2, 0) is 6.54 Å². The predicted molar refractivity (Wildman–Crippen MR) is 108 cm³/mol. The van der Waals surface area contributed by atoms with Gasteiger partial charge in [0.1, 0.15) is 0 Å². The van der Waals surface area contributed by atoms with E-state index in [4.69, 9.17) is 9.47 Å². The number of aromatic nitrogens is 3. The molecular formula is C20H20N4O2S. The lowest BCUT2D eigenvalue weighted by atomic mass is 10.1. The second-order valence-corrected chi connectivity index (χ2v) is 7.05. The van der Waals surface area contributed by atoms with Gasteiger partial charge in [0.15, 0.2) is 11.5 Å². The molecule has 0 saturated heterocycles. The lowest BCUT2D eigenvalue weighted by Crippen LogP contribution is -2.01. The average Bonchev–Trinajstić information content (AvgIpc) is 3.27. The van der Waals surface area contributed by atoms with E-state index in [9.17, 15) is 0 Å². The summed E-state index contributed by atoms with van der Waals surface area (Å²) in [5.41, 5.74) is 4.39. The van der Waals surface area contributed by atoms with Gasteiger partial charge in [-0.15, -0.1) is 5.10 Å². The summed E-state index contributed by atoms with van der Waals surface area (Å²) in [5, 5.41) is 8.92. The molecule has 0 fully saturated rings. The third-order valence-corrected chi connectivity index (χ3v) is 5.34. The SMILES string of the molecule is COc1ccc(-c2cnc3sc(NCc4ccccc4C)nn23)cc1OC. The number of methoxy groups -OCH3 is 2. The van der Waals surface area contributed by atoms with Crippen molar-refractivity contribution in [2.45, 2.75) is 13.5 Å². The monoisotopic (exact) mass is 380 g/mol. The molecule has 0 atom stereocenters. The first-order chi connectivity index (χ1) is 13.2. The lowest BCUT2D eigenvalue weighted by Gasteiger charge is -2.08. The van der Waals surface area contributed by atoms with Crippen molar-refractivity contribution in [3.63, 3.8) is 0 Å². The molecule has 2 heterocycles. The highest BCUT2D eigenvalue weighted by Crippen LogP contribution is 2.33. The molecule has 1 N–H and O–H groups in total. The lowest BCUT2D eigenvalue weighted by molar-refractivity contribution is 0.355. The molecule has 7 heteroatoms. The first kappa shape index (κ1) is 17.4. The fourth-order valence-corrected chi connectivity index (χ4v) is 3.71. The molecule has 0 aliphatic rings. The molecule has 6 nitrogen and oxygen atoms in total. The predicted octanol–water partition coefficient (Wildman–Crippen LogP) is 4.40. The van der Waals surface area contributed by atoms with Gasteiger partial charge in [0.05, 0.1) is 26.1 Å². The van der Waals surface area contributed by atoms with Crippen molar-refractivity contribution in [1.29, 1.82) is 0 Å². The molecule has 0 saturated carbocycles. The van der Waals surface area contributed by atoms with E-state index in [2.05, 4.69) is 34.5 Å². The molecule has 27 heavy (non-hydrogen) atoms. The van der Waals surface area contributed by atoms with Gasteiger partial charge in [-0.1, -0.05) is 35.6 Å². The molecule has 2 aromatic heterocycles. The first-order valence-corrected chi connectivity index (χ1v) is 9.36. The Morgan fingerprint density at radius 2 is 1.89 bits per heavy atom. The van der Waals surface area contributed by atoms with Gasteiger partial charge in [0.2, 0.25) is 10.1 Å². The van der Waals surface area contributed by atoms with Crippen molar-refractivity contribution >= 4 is 21.4 Å². The van der Waals surface area contributed by atoms with Crippen molar-refractivity contribution in [2.75, 3.05) is 19.5 Å². The largest absolute Gasteiger partial charge is 0.493 e. The second kappa shape index (κ2) is 7.28. The topological polar surface area (TPSA) is 60.7 Å². The maximum absolute atomic E-state index is 5.41. The summed E-state index contributed by atoms with van der Waals surface area (Å²) in [5.74, 6) is 1.37. The number of hydrogen-bond acceptors (Lipinski definition) is 6. The van der Waals surface area contributed by atoms with Crippen LogP contribution in [0.1, 0.15) is 11.1 Å². The number of anilines is 1. The van der Waals surface area contributed by atoms with E-state index in [1.807, 2.05) is 41.0 Å². The number of ether oxygens (including phenoxy) is 2. The fourth-order valence-electron chi connectivity index (χ4n) is 2.94. The van der Waals surface area contributed by atoms with Gasteiger partial charge >= 0.3 is 0 Å². The minimum Gasteiger partial charge on any atom is -0.493 e. The van der Waals surface area contributed by atoms with E-state index in [1.54, 1.807) is 14.2 Å². The van der Waals surface area contributed by atoms with Gasteiger partial charge in [-0.3, -0.25) is 0 Å². The summed E-state index contributed by atoms with van der Waals surface area (Å²) >= 11 is 1.53. The maximum atomic E-state index is 5.41. The van der Waals surface area contributed by atoms with Crippen LogP contribution < -0.4 is 14.8 Å². The van der Waals surface area contributed by atoms with Gasteiger partial charge in [-0.25, -0.2) is 9.50 Å². The van der Waals surface area contributed by atoms with Gasteiger partial charge in [-0.2, -0.15) is 0 Å². The van der Waals surface area contributed by atoms with Gasteiger partial charge in [0, 0.05) is 12.1 Å². The molecule has 138 valence electrons. The van der Waals surface area contributed by atoms with Crippen LogP contribution in [0, 0.1) is 6.92 Å². The number of fused-ring (bicyclic) bond motifs is 1. The third kappa shape index (κ3) is 3.33. The van der Waals surface area contributed by atoms with Crippen molar-refractivity contribution in [1.82, 2.24) is 14.6 Å². The van der Waals surface area contributed by atoms with Gasteiger partial charge in [-0.05, 0) is 36.2 Å². The van der Waals surface area contributed by atoms with Crippen LogP contribution in [0.25, 0.3) is 16.2 Å². The van der Waals surface area contributed by atoms with Crippen molar-refractivity contribution in [2.24, 2.45) is 0 Å². The Kier molecular flexibility index (Phi) is 4.68. The highest BCUT2D eigenvalue weighted by Gasteiger charge is 2.14. The summed E-state index contributed by atoms with van der Waals surface area (Å²) in [6.45, 7) is 2.84. The Morgan fingerprint density at radius 1 is 1.07 bits per heavy atom. The zero-order chi connectivity index (χ0) is 18.8. The molecule has 4 rings (SSSR count). The molecule has 4 aromatic rings. The summed E-state index contributed by atoms with van der Waals surface area (Å²) in [7, 11) is 3.26. The number of hydrogen-bond donors (Lipinski definition) is 1. The summed E-state index contributed by atoms with van der Waals surface area (Å²) in [4.78, 5) is 5.33. The average molecular weight is 380 g/mol. The standard InChI is InChI=1S/C20H20N4O2S/c1-13-6-4-5-7-15(13)11-21-19-23-24-16(12-22-20(24)27-19)14-8-9-17(25-2)18(10-14)26-3/h4-10,12H,11H2,1-3H3,(H,21,23). The van der Waals surface area contributed by atoms with Gasteiger partial charge in [0.25, 0.3) is 0 Å². The van der Waals surface area contributed by atoms with Crippen LogP contribution in [0.3, 0.4) is 0 Å². The van der Waals surface area contributed by atoms with E-state index < -0.39 is 0 Å². The quantitative estimate of drug-likeness (QED) is 0.537. The molecular weight excluding hydrogens is 360 g/mol. The molecule has 0 bridgehead atoms.